The Kier molecular flexibility index (Phi) is 6.26. The Hall–Kier alpha value is -2.37. The Labute approximate surface area is 154 Å². The van der Waals surface area contributed by atoms with E-state index in [1.165, 1.54) is 0 Å². The van der Waals surface area contributed by atoms with Crippen molar-refractivity contribution in [3.8, 4) is 5.75 Å². The molecule has 138 valence electrons. The zero-order chi connectivity index (χ0) is 18.4. The van der Waals surface area contributed by atoms with Gasteiger partial charge in [0.2, 0.25) is 0 Å². The Bertz CT molecular complexity index is 711. The Balaban J connectivity index is 1.58. The van der Waals surface area contributed by atoms with E-state index in [2.05, 4.69) is 12.1 Å². The van der Waals surface area contributed by atoms with Gasteiger partial charge in [-0.05, 0) is 36.1 Å². The number of piperidine rings is 1. The number of carbonyl (C=O) groups is 1. The van der Waals surface area contributed by atoms with E-state index in [0.717, 1.165) is 24.0 Å². The van der Waals surface area contributed by atoms with Gasteiger partial charge in [0.15, 0.2) is 0 Å². The minimum Gasteiger partial charge on any atom is -0.497 e. The van der Waals surface area contributed by atoms with Crippen LogP contribution in [0.2, 0.25) is 0 Å². The summed E-state index contributed by atoms with van der Waals surface area (Å²) in [4.78, 5) is 13.9. The van der Waals surface area contributed by atoms with E-state index in [1.807, 2.05) is 41.3 Å². The van der Waals surface area contributed by atoms with Gasteiger partial charge < -0.3 is 14.6 Å². The molecule has 5 nitrogen and oxygen atoms in total. The lowest BCUT2D eigenvalue weighted by Gasteiger charge is -2.35. The molecule has 0 saturated carbocycles. The summed E-state index contributed by atoms with van der Waals surface area (Å²) in [6.45, 7) is 2.00. The molecule has 2 aromatic rings. The number of carboxylic acid groups (broad SMARTS) is 1. The van der Waals surface area contributed by atoms with Crippen LogP contribution in [-0.4, -0.2) is 42.3 Å². The average Bonchev–Trinajstić information content (AvgIpc) is 2.68. The summed E-state index contributed by atoms with van der Waals surface area (Å²) < 4.78 is 11.2. The maximum Gasteiger partial charge on any atom is 0.325 e. The number of nitrogens with zero attached hydrogens (tertiary/aromatic N) is 1. The molecular weight excluding hydrogens is 330 g/mol. The molecule has 1 unspecified atom stereocenters. The quantitative estimate of drug-likeness (QED) is 0.824. The van der Waals surface area contributed by atoms with Gasteiger partial charge in [0.05, 0.1) is 19.8 Å². The predicted molar refractivity (Wildman–Crippen MR) is 99.2 cm³/mol. The van der Waals surface area contributed by atoms with Crippen LogP contribution in [0.1, 0.15) is 30.0 Å². The second-order valence-electron chi connectivity index (χ2n) is 6.55. The molecule has 1 fully saturated rings. The van der Waals surface area contributed by atoms with Crippen molar-refractivity contribution in [2.24, 2.45) is 0 Å². The predicted octanol–water partition coefficient (Wildman–Crippen LogP) is 3.50. The highest BCUT2D eigenvalue weighted by Crippen LogP contribution is 2.28. The molecule has 1 saturated heterocycles. The standard InChI is InChI=1S/C21H25NO4/c1-25-19-9-5-8-17(14-19)20(21(23)24)22-12-10-18(11-13-22)26-15-16-6-3-2-4-7-16/h2-9,14,18,20H,10-13,15H2,1H3,(H,23,24). The molecule has 3 rings (SSSR count). The fourth-order valence-corrected chi connectivity index (χ4v) is 3.41. The van der Waals surface area contributed by atoms with Crippen molar-refractivity contribution in [1.29, 1.82) is 0 Å². The lowest BCUT2D eigenvalue weighted by molar-refractivity contribution is -0.145. The summed E-state index contributed by atoms with van der Waals surface area (Å²) in [6, 6.07) is 16.8. The van der Waals surface area contributed by atoms with E-state index >= 15 is 0 Å². The lowest BCUT2D eigenvalue weighted by Crippen LogP contribution is -2.42. The van der Waals surface area contributed by atoms with Crippen molar-refractivity contribution in [3.63, 3.8) is 0 Å². The van der Waals surface area contributed by atoms with E-state index in [-0.39, 0.29) is 6.10 Å². The largest absolute Gasteiger partial charge is 0.497 e. The Morgan fingerprint density at radius 2 is 1.88 bits per heavy atom. The molecule has 0 aliphatic carbocycles. The number of carboxylic acids is 1. The molecule has 1 heterocycles. The number of aliphatic carboxylic acids is 1. The van der Waals surface area contributed by atoms with Crippen LogP contribution >= 0.6 is 0 Å². The van der Waals surface area contributed by atoms with Crippen LogP contribution < -0.4 is 4.74 Å². The summed E-state index contributed by atoms with van der Waals surface area (Å²) in [5.41, 5.74) is 1.91. The first-order chi connectivity index (χ1) is 12.7. The van der Waals surface area contributed by atoms with Crippen LogP contribution in [0.4, 0.5) is 0 Å². The second kappa shape index (κ2) is 8.83. The highest BCUT2D eigenvalue weighted by molar-refractivity contribution is 5.75. The topological polar surface area (TPSA) is 59.0 Å². The number of hydrogen-bond acceptors (Lipinski definition) is 4. The minimum absolute atomic E-state index is 0.172. The van der Waals surface area contributed by atoms with Gasteiger partial charge in [0.25, 0.3) is 0 Å². The van der Waals surface area contributed by atoms with Gasteiger partial charge in [-0.1, -0.05) is 42.5 Å². The lowest BCUT2D eigenvalue weighted by atomic mass is 10.00. The van der Waals surface area contributed by atoms with Crippen LogP contribution in [0.5, 0.6) is 5.75 Å². The first-order valence-electron chi connectivity index (χ1n) is 8.93. The second-order valence-corrected chi connectivity index (χ2v) is 6.55. The molecule has 1 aliphatic heterocycles. The molecule has 0 amide bonds. The monoisotopic (exact) mass is 355 g/mol. The van der Waals surface area contributed by atoms with Gasteiger partial charge in [-0.3, -0.25) is 9.69 Å². The zero-order valence-corrected chi connectivity index (χ0v) is 15.0. The molecule has 0 aromatic heterocycles. The van der Waals surface area contributed by atoms with Crippen molar-refractivity contribution in [2.45, 2.75) is 31.6 Å². The van der Waals surface area contributed by atoms with Crippen molar-refractivity contribution in [3.05, 3.63) is 65.7 Å². The smallest absolute Gasteiger partial charge is 0.325 e. The third-order valence-corrected chi connectivity index (χ3v) is 4.81. The van der Waals surface area contributed by atoms with Crippen LogP contribution in [0.25, 0.3) is 0 Å². The molecule has 0 bridgehead atoms. The molecule has 0 radical (unpaired) electrons. The maximum atomic E-state index is 11.9. The normalized spacial score (nSPS) is 17.0. The highest BCUT2D eigenvalue weighted by atomic mass is 16.5. The molecule has 2 aromatic carbocycles. The summed E-state index contributed by atoms with van der Waals surface area (Å²) in [6.07, 6.45) is 1.84. The minimum atomic E-state index is -0.832. The van der Waals surface area contributed by atoms with Crippen LogP contribution in [0, 0.1) is 0 Å². The first kappa shape index (κ1) is 18.4. The summed E-state index contributed by atoms with van der Waals surface area (Å²) in [7, 11) is 1.59. The van der Waals surface area contributed by atoms with Gasteiger partial charge in [-0.2, -0.15) is 0 Å². The van der Waals surface area contributed by atoms with Gasteiger partial charge in [-0.15, -0.1) is 0 Å². The molecule has 0 spiro atoms. The van der Waals surface area contributed by atoms with Gasteiger partial charge in [0.1, 0.15) is 11.8 Å². The van der Waals surface area contributed by atoms with Crippen molar-refractivity contribution in [1.82, 2.24) is 4.90 Å². The van der Waals surface area contributed by atoms with E-state index < -0.39 is 12.0 Å². The average molecular weight is 355 g/mol. The third kappa shape index (κ3) is 4.62. The number of methoxy groups -OCH3 is 1. The van der Waals surface area contributed by atoms with Gasteiger partial charge >= 0.3 is 5.97 Å². The Morgan fingerprint density at radius 3 is 2.54 bits per heavy atom. The van der Waals surface area contributed by atoms with Crippen molar-refractivity contribution in [2.75, 3.05) is 20.2 Å². The fraction of sp³-hybridized carbons (Fsp3) is 0.381. The van der Waals surface area contributed by atoms with Crippen LogP contribution in [0.3, 0.4) is 0 Å². The Morgan fingerprint density at radius 1 is 1.15 bits per heavy atom. The molecule has 5 heteroatoms. The van der Waals surface area contributed by atoms with Crippen molar-refractivity contribution >= 4 is 5.97 Å². The number of benzene rings is 2. The van der Waals surface area contributed by atoms with Gasteiger partial charge in [-0.25, -0.2) is 0 Å². The molecule has 1 N–H and O–H groups in total. The highest BCUT2D eigenvalue weighted by Gasteiger charge is 2.31. The summed E-state index contributed by atoms with van der Waals surface area (Å²) in [5, 5.41) is 9.75. The molecular formula is C21H25NO4. The van der Waals surface area contributed by atoms with E-state index in [0.29, 0.717) is 25.4 Å². The van der Waals surface area contributed by atoms with E-state index in [1.54, 1.807) is 13.2 Å². The zero-order valence-electron chi connectivity index (χ0n) is 15.0. The SMILES string of the molecule is COc1cccc(C(C(=O)O)N2CCC(OCc3ccccc3)CC2)c1. The van der Waals surface area contributed by atoms with Crippen LogP contribution in [-0.2, 0) is 16.1 Å². The fourth-order valence-electron chi connectivity index (χ4n) is 3.41. The van der Waals surface area contributed by atoms with Crippen molar-refractivity contribution < 1.29 is 19.4 Å². The maximum absolute atomic E-state index is 11.9. The molecule has 1 atom stereocenters. The third-order valence-electron chi connectivity index (χ3n) is 4.81. The van der Waals surface area contributed by atoms with E-state index in [9.17, 15) is 9.90 Å². The number of ether oxygens (including phenoxy) is 2. The van der Waals surface area contributed by atoms with E-state index in [4.69, 9.17) is 9.47 Å². The number of hydrogen-bond donors (Lipinski definition) is 1. The molecule has 26 heavy (non-hydrogen) atoms. The number of rotatable bonds is 7. The number of likely N-dealkylation sites (tertiary alicyclic amines) is 1. The first-order valence-corrected chi connectivity index (χ1v) is 8.93. The summed E-state index contributed by atoms with van der Waals surface area (Å²) in [5.74, 6) is -0.156. The van der Waals surface area contributed by atoms with Crippen LogP contribution in [0.15, 0.2) is 54.6 Å². The van der Waals surface area contributed by atoms with Gasteiger partial charge in [0, 0.05) is 13.1 Å². The summed E-state index contributed by atoms with van der Waals surface area (Å²) >= 11 is 0. The molecule has 1 aliphatic rings.